The number of nitrogens with zero attached hydrogens (tertiary/aromatic N) is 2. The molecule has 4 rings (SSSR count). The Labute approximate surface area is 140 Å². The van der Waals surface area contributed by atoms with Crippen molar-refractivity contribution in [3.63, 3.8) is 0 Å². The molecule has 1 atom stereocenters. The molecular weight excluding hydrogens is 310 g/mol. The van der Waals surface area contributed by atoms with E-state index in [2.05, 4.69) is 28.6 Å². The number of rotatable bonds is 2. The molecule has 1 N–H and O–H groups in total. The van der Waals surface area contributed by atoms with Gasteiger partial charge < -0.3 is 5.32 Å². The maximum Gasteiger partial charge on any atom is 0.326 e. The fraction of sp³-hybridized carbons (Fsp3) is 0.647. The Hall–Kier alpha value is -1.40. The van der Waals surface area contributed by atoms with Gasteiger partial charge in [-0.05, 0) is 43.2 Å². The van der Waals surface area contributed by atoms with Gasteiger partial charge >= 0.3 is 6.03 Å². The lowest BCUT2D eigenvalue weighted by molar-refractivity contribution is -0.134. The van der Waals surface area contributed by atoms with Crippen molar-refractivity contribution in [2.24, 2.45) is 0 Å². The molecule has 23 heavy (non-hydrogen) atoms. The summed E-state index contributed by atoms with van der Waals surface area (Å²) >= 11 is 1.81. The molecule has 3 heterocycles. The lowest BCUT2D eigenvalue weighted by atomic mass is 9.82. The molecule has 3 aliphatic rings. The van der Waals surface area contributed by atoms with Crippen molar-refractivity contribution in [2.45, 2.75) is 57.0 Å². The zero-order chi connectivity index (χ0) is 16.0. The monoisotopic (exact) mass is 333 g/mol. The number of nitrogens with one attached hydrogen (secondary N) is 1. The lowest BCUT2D eigenvalue weighted by Crippen LogP contribution is -2.49. The van der Waals surface area contributed by atoms with Crippen LogP contribution in [-0.4, -0.2) is 40.5 Å². The van der Waals surface area contributed by atoms with Crippen molar-refractivity contribution in [1.29, 1.82) is 0 Å². The molecule has 1 saturated heterocycles. The average molecular weight is 333 g/mol. The van der Waals surface area contributed by atoms with Crippen molar-refractivity contribution in [3.05, 3.63) is 21.9 Å². The number of thiophene rings is 1. The quantitative estimate of drug-likeness (QED) is 0.847. The third-order valence-electron chi connectivity index (χ3n) is 5.68. The number of hydrogen-bond donors (Lipinski definition) is 1. The summed E-state index contributed by atoms with van der Waals surface area (Å²) < 4.78 is 0. The van der Waals surface area contributed by atoms with Crippen LogP contribution in [0, 0.1) is 0 Å². The average Bonchev–Trinajstić information content (AvgIpc) is 3.11. The predicted octanol–water partition coefficient (Wildman–Crippen LogP) is 2.88. The second-order valence-electron chi connectivity index (χ2n) is 6.98. The predicted molar refractivity (Wildman–Crippen MR) is 89.2 cm³/mol. The first-order valence-corrected chi connectivity index (χ1v) is 9.43. The van der Waals surface area contributed by atoms with Crippen molar-refractivity contribution >= 4 is 23.3 Å². The van der Waals surface area contributed by atoms with Crippen LogP contribution in [0.2, 0.25) is 0 Å². The van der Waals surface area contributed by atoms with Gasteiger partial charge in [0.15, 0.2) is 0 Å². The van der Waals surface area contributed by atoms with E-state index in [-0.39, 0.29) is 18.0 Å². The molecule has 1 saturated carbocycles. The minimum absolute atomic E-state index is 0.00878. The van der Waals surface area contributed by atoms with Gasteiger partial charge in [-0.15, -0.1) is 11.3 Å². The van der Waals surface area contributed by atoms with Crippen LogP contribution in [-0.2, 0) is 11.2 Å². The van der Waals surface area contributed by atoms with Gasteiger partial charge in [-0.3, -0.25) is 9.69 Å². The summed E-state index contributed by atoms with van der Waals surface area (Å²) in [5.41, 5.74) is 0.739. The van der Waals surface area contributed by atoms with Gasteiger partial charge in [0.2, 0.25) is 0 Å². The zero-order valence-electron chi connectivity index (χ0n) is 13.5. The SMILES string of the molecule is C[C@@H]1c2ccsc2CCN1CN1C(=O)NC2(CCCCC2)C1=O. The molecule has 0 radical (unpaired) electrons. The summed E-state index contributed by atoms with van der Waals surface area (Å²) in [6.07, 6.45) is 5.80. The number of carbonyl (C=O) groups excluding carboxylic acids is 2. The molecule has 0 bridgehead atoms. The number of hydrogen-bond acceptors (Lipinski definition) is 4. The van der Waals surface area contributed by atoms with Crippen LogP contribution < -0.4 is 5.32 Å². The molecule has 5 nitrogen and oxygen atoms in total. The van der Waals surface area contributed by atoms with Crippen molar-refractivity contribution in [3.8, 4) is 0 Å². The molecule has 0 aromatic carbocycles. The fourth-order valence-electron chi connectivity index (χ4n) is 4.24. The summed E-state index contributed by atoms with van der Waals surface area (Å²) in [6.45, 7) is 3.47. The molecule has 124 valence electrons. The normalized spacial score (nSPS) is 27.3. The van der Waals surface area contributed by atoms with E-state index in [4.69, 9.17) is 0 Å². The molecule has 1 aromatic rings. The molecule has 1 spiro atoms. The Kier molecular flexibility index (Phi) is 3.69. The second-order valence-corrected chi connectivity index (χ2v) is 7.99. The molecule has 0 unspecified atom stereocenters. The standard InChI is InChI=1S/C17H23N3O2S/c1-12-13-6-10-23-14(13)5-9-19(12)11-20-15(21)17(18-16(20)22)7-3-2-4-8-17/h6,10,12H,2-5,7-9,11H2,1H3,(H,18,22)/t12-/m1/s1. The van der Waals surface area contributed by atoms with E-state index < -0.39 is 5.54 Å². The van der Waals surface area contributed by atoms with E-state index in [0.29, 0.717) is 6.67 Å². The molecule has 1 aliphatic carbocycles. The molecule has 3 amide bonds. The largest absolute Gasteiger partial charge is 0.326 e. The highest BCUT2D eigenvalue weighted by atomic mass is 32.1. The number of fused-ring (bicyclic) bond motifs is 1. The highest BCUT2D eigenvalue weighted by molar-refractivity contribution is 7.10. The first kappa shape index (κ1) is 15.1. The summed E-state index contributed by atoms with van der Waals surface area (Å²) in [5.74, 6) is -0.00878. The molecule has 2 fully saturated rings. The second kappa shape index (κ2) is 5.60. The first-order valence-electron chi connectivity index (χ1n) is 8.55. The van der Waals surface area contributed by atoms with Crippen LogP contribution in [0.5, 0.6) is 0 Å². The number of amides is 3. The molecule has 6 heteroatoms. The van der Waals surface area contributed by atoms with Crippen LogP contribution >= 0.6 is 11.3 Å². The molecule has 2 aliphatic heterocycles. The van der Waals surface area contributed by atoms with Crippen LogP contribution in [0.1, 0.15) is 55.5 Å². The highest BCUT2D eigenvalue weighted by Gasteiger charge is 2.51. The van der Waals surface area contributed by atoms with Crippen molar-refractivity contribution in [1.82, 2.24) is 15.1 Å². The number of urea groups is 1. The molecular formula is C17H23N3O2S. The van der Waals surface area contributed by atoms with Gasteiger partial charge in [0, 0.05) is 17.5 Å². The van der Waals surface area contributed by atoms with Crippen LogP contribution in [0.3, 0.4) is 0 Å². The van der Waals surface area contributed by atoms with Gasteiger partial charge in [-0.2, -0.15) is 0 Å². The summed E-state index contributed by atoms with van der Waals surface area (Å²) in [6, 6.07) is 2.22. The Morgan fingerprint density at radius 3 is 2.87 bits per heavy atom. The number of carbonyl (C=O) groups is 2. The minimum atomic E-state index is -0.609. The Morgan fingerprint density at radius 1 is 1.30 bits per heavy atom. The van der Waals surface area contributed by atoms with Gasteiger partial charge in [0.05, 0.1) is 6.67 Å². The Bertz CT molecular complexity index is 636. The maximum atomic E-state index is 12.9. The minimum Gasteiger partial charge on any atom is -0.323 e. The van der Waals surface area contributed by atoms with E-state index in [1.807, 2.05) is 0 Å². The van der Waals surface area contributed by atoms with E-state index >= 15 is 0 Å². The summed E-state index contributed by atoms with van der Waals surface area (Å²) in [7, 11) is 0. The van der Waals surface area contributed by atoms with E-state index in [1.165, 1.54) is 15.3 Å². The Morgan fingerprint density at radius 2 is 2.09 bits per heavy atom. The topological polar surface area (TPSA) is 52.6 Å². The summed E-state index contributed by atoms with van der Waals surface area (Å²) in [4.78, 5) is 30.4. The van der Waals surface area contributed by atoms with E-state index in [0.717, 1.165) is 45.1 Å². The van der Waals surface area contributed by atoms with E-state index in [1.54, 1.807) is 11.3 Å². The van der Waals surface area contributed by atoms with Gasteiger partial charge in [0.1, 0.15) is 5.54 Å². The summed E-state index contributed by atoms with van der Waals surface area (Å²) in [5, 5.41) is 5.13. The molecule has 1 aromatic heterocycles. The van der Waals surface area contributed by atoms with E-state index in [9.17, 15) is 9.59 Å². The fourth-order valence-corrected chi connectivity index (χ4v) is 5.20. The lowest BCUT2D eigenvalue weighted by Gasteiger charge is -2.36. The van der Waals surface area contributed by atoms with Crippen molar-refractivity contribution < 1.29 is 9.59 Å². The van der Waals surface area contributed by atoms with Gasteiger partial charge in [0.25, 0.3) is 5.91 Å². The van der Waals surface area contributed by atoms with Gasteiger partial charge in [-0.25, -0.2) is 9.69 Å². The van der Waals surface area contributed by atoms with Crippen molar-refractivity contribution in [2.75, 3.05) is 13.2 Å². The van der Waals surface area contributed by atoms with Crippen LogP contribution in [0.25, 0.3) is 0 Å². The van der Waals surface area contributed by atoms with Gasteiger partial charge in [-0.1, -0.05) is 19.3 Å². The third-order valence-corrected chi connectivity index (χ3v) is 6.68. The smallest absolute Gasteiger partial charge is 0.323 e. The number of imide groups is 1. The van der Waals surface area contributed by atoms with Crippen LogP contribution in [0.15, 0.2) is 11.4 Å². The maximum absolute atomic E-state index is 12.9. The zero-order valence-corrected chi connectivity index (χ0v) is 14.3. The first-order chi connectivity index (χ1) is 11.1. The van der Waals surface area contributed by atoms with Crippen LogP contribution in [0.4, 0.5) is 4.79 Å². The Balaban J connectivity index is 1.51. The highest BCUT2D eigenvalue weighted by Crippen LogP contribution is 2.36. The third kappa shape index (κ3) is 2.39.